The maximum absolute atomic E-state index is 12.8. The number of fused-ring (bicyclic) bond motifs is 2. The van der Waals surface area contributed by atoms with Gasteiger partial charge in [0, 0.05) is 38.3 Å². The van der Waals surface area contributed by atoms with Crippen molar-refractivity contribution < 1.29 is 23.7 Å². The molecule has 1 unspecified atom stereocenters. The van der Waals surface area contributed by atoms with Crippen LogP contribution in [0.1, 0.15) is 10.4 Å². The number of para-hydroxylation sites is 2. The van der Waals surface area contributed by atoms with Crippen LogP contribution in [0.25, 0.3) is 0 Å². The lowest BCUT2D eigenvalue weighted by molar-refractivity contribution is 0.0365. The van der Waals surface area contributed by atoms with Gasteiger partial charge in [0.2, 0.25) is 6.79 Å². The van der Waals surface area contributed by atoms with Gasteiger partial charge < -0.3 is 23.8 Å². The van der Waals surface area contributed by atoms with E-state index >= 15 is 0 Å². The zero-order chi connectivity index (χ0) is 18.9. The fourth-order valence-electron chi connectivity index (χ4n) is 3.79. The zero-order valence-corrected chi connectivity index (χ0v) is 15.5. The minimum atomic E-state index is 0.00557. The fourth-order valence-corrected chi connectivity index (χ4v) is 3.79. The molecule has 1 saturated heterocycles. The monoisotopic (exact) mass is 382 g/mol. The molecule has 146 valence electrons. The van der Waals surface area contributed by atoms with Crippen LogP contribution in [0.3, 0.4) is 0 Å². The van der Waals surface area contributed by atoms with Gasteiger partial charge in [-0.25, -0.2) is 0 Å². The second-order valence-corrected chi connectivity index (χ2v) is 7.16. The van der Waals surface area contributed by atoms with Crippen molar-refractivity contribution in [3.8, 4) is 23.0 Å². The van der Waals surface area contributed by atoms with E-state index in [9.17, 15) is 4.79 Å². The van der Waals surface area contributed by atoms with Crippen molar-refractivity contribution in [3.63, 3.8) is 0 Å². The molecule has 3 aliphatic rings. The van der Waals surface area contributed by atoms with E-state index in [0.717, 1.165) is 31.1 Å². The SMILES string of the molecule is O=C(c1ccc2c(c1)OCO2)N1CCN(CC2COc3ccccc3O2)CC1. The first-order valence-electron chi connectivity index (χ1n) is 9.56. The zero-order valence-electron chi connectivity index (χ0n) is 15.5. The number of ether oxygens (including phenoxy) is 4. The van der Waals surface area contributed by atoms with Gasteiger partial charge in [0.15, 0.2) is 23.0 Å². The predicted octanol–water partition coefficient (Wildman–Crippen LogP) is 2.01. The summed E-state index contributed by atoms with van der Waals surface area (Å²) in [4.78, 5) is 17.0. The van der Waals surface area contributed by atoms with Gasteiger partial charge in [-0.2, -0.15) is 0 Å². The summed E-state index contributed by atoms with van der Waals surface area (Å²) in [6.07, 6.45) is 0.00557. The second-order valence-electron chi connectivity index (χ2n) is 7.16. The molecule has 1 fully saturated rings. The van der Waals surface area contributed by atoms with Gasteiger partial charge in [-0.1, -0.05) is 12.1 Å². The van der Waals surface area contributed by atoms with Crippen molar-refractivity contribution in [2.75, 3.05) is 46.1 Å². The molecule has 3 aliphatic heterocycles. The maximum atomic E-state index is 12.8. The van der Waals surface area contributed by atoms with Crippen LogP contribution in [0, 0.1) is 0 Å². The Morgan fingerprint density at radius 3 is 2.50 bits per heavy atom. The highest BCUT2D eigenvalue weighted by atomic mass is 16.7. The lowest BCUT2D eigenvalue weighted by atomic mass is 10.1. The van der Waals surface area contributed by atoms with Crippen LogP contribution >= 0.6 is 0 Å². The van der Waals surface area contributed by atoms with E-state index < -0.39 is 0 Å². The third-order valence-electron chi connectivity index (χ3n) is 5.31. The molecule has 7 nitrogen and oxygen atoms in total. The first-order chi connectivity index (χ1) is 13.8. The average molecular weight is 382 g/mol. The van der Waals surface area contributed by atoms with Crippen LogP contribution in [0.15, 0.2) is 42.5 Å². The molecule has 0 spiro atoms. The Balaban J connectivity index is 1.15. The van der Waals surface area contributed by atoms with Gasteiger partial charge >= 0.3 is 0 Å². The van der Waals surface area contributed by atoms with Crippen molar-refractivity contribution in [3.05, 3.63) is 48.0 Å². The van der Waals surface area contributed by atoms with E-state index in [0.29, 0.717) is 36.8 Å². The smallest absolute Gasteiger partial charge is 0.254 e. The molecule has 0 saturated carbocycles. The highest BCUT2D eigenvalue weighted by Crippen LogP contribution is 2.33. The molecule has 0 bridgehead atoms. The van der Waals surface area contributed by atoms with E-state index in [1.54, 1.807) is 18.2 Å². The molecule has 5 rings (SSSR count). The highest BCUT2D eigenvalue weighted by Gasteiger charge is 2.27. The molecule has 1 amide bonds. The minimum Gasteiger partial charge on any atom is -0.486 e. The van der Waals surface area contributed by atoms with Gasteiger partial charge in [0.1, 0.15) is 12.7 Å². The molecular formula is C21H22N2O5. The Labute approximate surface area is 163 Å². The average Bonchev–Trinajstić information content (AvgIpc) is 3.21. The minimum absolute atomic E-state index is 0.00557. The number of carbonyl (C=O) groups excluding carboxylic acids is 1. The number of hydrogen-bond donors (Lipinski definition) is 0. The third-order valence-corrected chi connectivity index (χ3v) is 5.31. The quantitative estimate of drug-likeness (QED) is 0.810. The van der Waals surface area contributed by atoms with Crippen molar-refractivity contribution in [1.82, 2.24) is 9.80 Å². The van der Waals surface area contributed by atoms with Gasteiger partial charge in [0.05, 0.1) is 0 Å². The highest BCUT2D eigenvalue weighted by molar-refractivity contribution is 5.95. The lowest BCUT2D eigenvalue weighted by Gasteiger charge is -2.37. The molecule has 0 radical (unpaired) electrons. The topological polar surface area (TPSA) is 60.5 Å². The first-order valence-corrected chi connectivity index (χ1v) is 9.56. The summed E-state index contributed by atoms with van der Waals surface area (Å²) in [5.41, 5.74) is 0.637. The van der Waals surface area contributed by atoms with Gasteiger partial charge in [-0.3, -0.25) is 9.69 Å². The van der Waals surface area contributed by atoms with E-state index in [2.05, 4.69) is 4.90 Å². The summed E-state index contributed by atoms with van der Waals surface area (Å²) in [5.74, 6) is 2.97. The summed E-state index contributed by atoms with van der Waals surface area (Å²) >= 11 is 0. The molecule has 0 aromatic heterocycles. The molecule has 3 heterocycles. The molecule has 7 heteroatoms. The summed E-state index contributed by atoms with van der Waals surface area (Å²) in [6, 6.07) is 13.1. The predicted molar refractivity (Wildman–Crippen MR) is 101 cm³/mol. The molecular weight excluding hydrogens is 360 g/mol. The Kier molecular flexibility index (Phi) is 4.44. The van der Waals surface area contributed by atoms with Gasteiger partial charge in [0.25, 0.3) is 5.91 Å². The van der Waals surface area contributed by atoms with Crippen molar-refractivity contribution >= 4 is 5.91 Å². The summed E-state index contributed by atoms with van der Waals surface area (Å²) in [7, 11) is 0. The third kappa shape index (κ3) is 3.33. The van der Waals surface area contributed by atoms with Gasteiger partial charge in [-0.05, 0) is 30.3 Å². The normalized spacial score (nSPS) is 20.9. The molecule has 2 aromatic carbocycles. The Hall–Kier alpha value is -2.93. The number of nitrogens with zero attached hydrogens (tertiary/aromatic N) is 2. The number of benzene rings is 2. The lowest BCUT2D eigenvalue weighted by Crippen LogP contribution is -2.52. The number of rotatable bonds is 3. The van der Waals surface area contributed by atoms with Crippen molar-refractivity contribution in [2.45, 2.75) is 6.10 Å². The maximum Gasteiger partial charge on any atom is 0.254 e. The standard InChI is InChI=1S/C21H22N2O5/c24-21(15-5-6-18-20(11-15)27-14-26-18)23-9-7-22(8-10-23)12-16-13-25-17-3-1-2-4-19(17)28-16/h1-6,11,16H,7-10,12-14H2. The van der Waals surface area contributed by atoms with Crippen LogP contribution in [-0.2, 0) is 0 Å². The molecule has 0 aliphatic carbocycles. The number of piperazine rings is 1. The Morgan fingerprint density at radius 1 is 0.893 bits per heavy atom. The van der Waals surface area contributed by atoms with Crippen LogP contribution in [0.4, 0.5) is 0 Å². The van der Waals surface area contributed by atoms with E-state index in [1.807, 2.05) is 29.2 Å². The fraction of sp³-hybridized carbons (Fsp3) is 0.381. The van der Waals surface area contributed by atoms with Crippen molar-refractivity contribution in [2.24, 2.45) is 0 Å². The largest absolute Gasteiger partial charge is 0.486 e. The summed E-state index contributed by atoms with van der Waals surface area (Å²) < 4.78 is 22.5. The number of hydrogen-bond acceptors (Lipinski definition) is 6. The Bertz CT molecular complexity index is 879. The van der Waals surface area contributed by atoms with E-state index in [4.69, 9.17) is 18.9 Å². The Morgan fingerprint density at radius 2 is 1.64 bits per heavy atom. The van der Waals surface area contributed by atoms with Crippen LogP contribution in [0.5, 0.6) is 23.0 Å². The second kappa shape index (κ2) is 7.24. The van der Waals surface area contributed by atoms with Crippen molar-refractivity contribution in [1.29, 1.82) is 0 Å². The molecule has 28 heavy (non-hydrogen) atoms. The molecule has 0 N–H and O–H groups in total. The molecule has 1 atom stereocenters. The first kappa shape index (κ1) is 17.2. The van der Waals surface area contributed by atoms with E-state index in [1.165, 1.54) is 0 Å². The van der Waals surface area contributed by atoms with Crippen LogP contribution < -0.4 is 18.9 Å². The van der Waals surface area contributed by atoms with Crippen LogP contribution in [0.2, 0.25) is 0 Å². The summed E-state index contributed by atoms with van der Waals surface area (Å²) in [6.45, 7) is 4.57. The summed E-state index contributed by atoms with van der Waals surface area (Å²) in [5, 5.41) is 0. The number of amides is 1. The molecule has 2 aromatic rings. The van der Waals surface area contributed by atoms with Crippen LogP contribution in [-0.4, -0.2) is 67.9 Å². The van der Waals surface area contributed by atoms with Gasteiger partial charge in [-0.15, -0.1) is 0 Å². The van der Waals surface area contributed by atoms with E-state index in [-0.39, 0.29) is 18.8 Å². The number of carbonyl (C=O) groups is 1.